The Bertz CT molecular complexity index is 1080. The number of nitrogens with zero attached hydrogens (tertiary/aromatic N) is 4. The summed E-state index contributed by atoms with van der Waals surface area (Å²) < 4.78 is 10.3. The number of pyridine rings is 2. The van der Waals surface area contributed by atoms with Gasteiger partial charge in [-0.05, 0) is 19.1 Å². The van der Waals surface area contributed by atoms with Crippen LogP contribution in [-0.2, 0) is 0 Å². The number of hydrogen-bond acceptors (Lipinski definition) is 8. The van der Waals surface area contributed by atoms with Crippen molar-refractivity contribution >= 4 is 12.1 Å². The van der Waals surface area contributed by atoms with Crippen LogP contribution in [0.15, 0.2) is 52.9 Å². The van der Waals surface area contributed by atoms with Crippen LogP contribution in [-0.4, -0.2) is 45.8 Å². The zero-order chi connectivity index (χ0) is 20.6. The summed E-state index contributed by atoms with van der Waals surface area (Å²) >= 11 is 0. The zero-order valence-electron chi connectivity index (χ0n) is 15.7. The Labute approximate surface area is 165 Å². The Hall–Kier alpha value is -4.08. The van der Waals surface area contributed by atoms with Crippen LogP contribution in [0.5, 0.6) is 11.6 Å². The molecule has 3 aromatic heterocycles. The molecule has 0 bridgehead atoms. The van der Waals surface area contributed by atoms with Crippen LogP contribution in [0.2, 0.25) is 0 Å². The first-order valence-electron chi connectivity index (χ1n) is 8.62. The molecule has 0 atom stereocenters. The van der Waals surface area contributed by atoms with Gasteiger partial charge in [-0.2, -0.15) is 5.10 Å². The van der Waals surface area contributed by atoms with Crippen LogP contribution in [0, 0.1) is 0 Å². The van der Waals surface area contributed by atoms with E-state index in [4.69, 9.17) is 9.47 Å². The van der Waals surface area contributed by atoms with E-state index in [1.54, 1.807) is 18.3 Å². The van der Waals surface area contributed by atoms with Gasteiger partial charge in [0.1, 0.15) is 11.4 Å². The van der Waals surface area contributed by atoms with Gasteiger partial charge in [-0.1, -0.05) is 0 Å². The summed E-state index contributed by atoms with van der Waals surface area (Å²) in [6.07, 6.45) is 7.06. The lowest BCUT2D eigenvalue weighted by molar-refractivity contribution is 0.0950. The van der Waals surface area contributed by atoms with Gasteiger partial charge in [0, 0.05) is 24.0 Å². The number of amides is 1. The largest absolute Gasteiger partial charge is 0.495 e. The molecule has 10 heteroatoms. The normalized spacial score (nSPS) is 10.7. The van der Waals surface area contributed by atoms with Crippen molar-refractivity contribution < 1.29 is 14.3 Å². The minimum Gasteiger partial charge on any atom is -0.495 e. The Morgan fingerprint density at radius 3 is 2.90 bits per heavy atom. The van der Waals surface area contributed by atoms with Crippen molar-refractivity contribution in [2.45, 2.75) is 6.92 Å². The molecule has 1 amide bonds. The van der Waals surface area contributed by atoms with E-state index in [-0.39, 0.29) is 16.8 Å². The van der Waals surface area contributed by atoms with Gasteiger partial charge in [0.2, 0.25) is 5.88 Å². The molecule has 0 saturated heterocycles. The molecular formula is C19H18N6O4. The van der Waals surface area contributed by atoms with Crippen LogP contribution in [0.25, 0.3) is 11.3 Å². The molecule has 0 aromatic carbocycles. The summed E-state index contributed by atoms with van der Waals surface area (Å²) in [5.41, 5.74) is 3.39. The van der Waals surface area contributed by atoms with Gasteiger partial charge >= 0.3 is 0 Å². The zero-order valence-corrected chi connectivity index (χ0v) is 15.7. The molecule has 0 aliphatic carbocycles. The number of aromatic amines is 1. The lowest BCUT2D eigenvalue weighted by atomic mass is 10.2. The van der Waals surface area contributed by atoms with Crippen LogP contribution in [0.4, 0.5) is 0 Å². The highest BCUT2D eigenvalue weighted by Gasteiger charge is 2.10. The minimum atomic E-state index is -0.575. The fraction of sp³-hybridized carbons (Fsp3) is 0.158. The summed E-state index contributed by atoms with van der Waals surface area (Å²) in [6.45, 7) is 2.39. The second kappa shape index (κ2) is 9.22. The lowest BCUT2D eigenvalue weighted by Crippen LogP contribution is -2.20. The Kier molecular flexibility index (Phi) is 6.25. The highest BCUT2D eigenvalue weighted by atomic mass is 16.5. The van der Waals surface area contributed by atoms with E-state index in [0.29, 0.717) is 29.5 Å². The summed E-state index contributed by atoms with van der Waals surface area (Å²) in [5, 5.41) is 3.79. The van der Waals surface area contributed by atoms with Gasteiger partial charge in [-0.15, -0.1) is 0 Å². The molecule has 3 heterocycles. The smallest absolute Gasteiger partial charge is 0.291 e. The Morgan fingerprint density at radius 1 is 1.31 bits per heavy atom. The molecular weight excluding hydrogens is 376 g/mol. The molecule has 0 aliphatic heterocycles. The number of hydrazone groups is 1. The van der Waals surface area contributed by atoms with Gasteiger partial charge in [-0.25, -0.2) is 15.4 Å². The lowest BCUT2D eigenvalue weighted by Gasteiger charge is -2.05. The highest BCUT2D eigenvalue weighted by molar-refractivity contribution is 5.93. The predicted octanol–water partition coefficient (Wildman–Crippen LogP) is 1.40. The molecule has 2 N–H and O–H groups in total. The fourth-order valence-electron chi connectivity index (χ4n) is 2.29. The molecule has 3 aromatic rings. The van der Waals surface area contributed by atoms with Crippen molar-refractivity contribution in [1.82, 2.24) is 25.4 Å². The summed E-state index contributed by atoms with van der Waals surface area (Å²) in [6, 6.07) is 4.98. The number of methoxy groups -OCH3 is 1. The third-order valence-electron chi connectivity index (χ3n) is 3.70. The molecule has 0 unspecified atom stereocenters. The van der Waals surface area contributed by atoms with Crippen molar-refractivity contribution in [3.8, 4) is 22.9 Å². The molecule has 10 nitrogen and oxygen atoms in total. The van der Waals surface area contributed by atoms with E-state index < -0.39 is 5.91 Å². The van der Waals surface area contributed by atoms with Crippen LogP contribution in [0.1, 0.15) is 23.0 Å². The second-order valence-corrected chi connectivity index (χ2v) is 5.63. The maximum absolute atomic E-state index is 12.3. The number of aromatic nitrogens is 4. The van der Waals surface area contributed by atoms with Gasteiger partial charge in [0.25, 0.3) is 11.5 Å². The number of rotatable bonds is 7. The van der Waals surface area contributed by atoms with E-state index in [0.717, 1.165) is 0 Å². The molecule has 0 radical (unpaired) electrons. The second-order valence-electron chi connectivity index (χ2n) is 5.63. The van der Waals surface area contributed by atoms with Gasteiger partial charge in [0.15, 0.2) is 0 Å². The van der Waals surface area contributed by atoms with Crippen LogP contribution >= 0.6 is 0 Å². The van der Waals surface area contributed by atoms with Crippen molar-refractivity contribution in [2.75, 3.05) is 13.7 Å². The summed E-state index contributed by atoms with van der Waals surface area (Å²) in [7, 11) is 1.47. The quantitative estimate of drug-likeness (QED) is 0.457. The summed E-state index contributed by atoms with van der Waals surface area (Å²) in [4.78, 5) is 39.0. The number of hydrogen-bond donors (Lipinski definition) is 2. The van der Waals surface area contributed by atoms with Gasteiger partial charge < -0.3 is 14.5 Å². The van der Waals surface area contributed by atoms with Crippen LogP contribution in [0.3, 0.4) is 0 Å². The third-order valence-corrected chi connectivity index (χ3v) is 3.70. The topological polar surface area (TPSA) is 131 Å². The molecule has 0 fully saturated rings. The maximum atomic E-state index is 12.3. The van der Waals surface area contributed by atoms with Crippen molar-refractivity contribution in [2.24, 2.45) is 5.10 Å². The number of nitrogens with one attached hydrogen (secondary N) is 2. The van der Waals surface area contributed by atoms with Crippen molar-refractivity contribution in [3.05, 3.63) is 64.6 Å². The first-order chi connectivity index (χ1) is 14.1. The maximum Gasteiger partial charge on any atom is 0.291 e. The first-order valence-corrected chi connectivity index (χ1v) is 8.62. The van der Waals surface area contributed by atoms with E-state index in [2.05, 4.69) is 30.5 Å². The van der Waals surface area contributed by atoms with E-state index in [1.165, 1.54) is 38.0 Å². The van der Waals surface area contributed by atoms with Crippen molar-refractivity contribution in [3.63, 3.8) is 0 Å². The first kappa shape index (κ1) is 19.7. The molecule has 0 saturated carbocycles. The Morgan fingerprint density at radius 2 is 2.17 bits per heavy atom. The number of ether oxygens (including phenoxy) is 2. The molecule has 3 rings (SSSR count). The fourth-order valence-corrected chi connectivity index (χ4v) is 2.29. The molecule has 0 aliphatic rings. The number of carbonyl (C=O) groups excluding carboxylic acids is 1. The average molecular weight is 394 g/mol. The highest BCUT2D eigenvalue weighted by Crippen LogP contribution is 2.17. The summed E-state index contributed by atoms with van der Waals surface area (Å²) in [5.74, 6) is 0.383. The molecule has 29 heavy (non-hydrogen) atoms. The SMILES string of the molecule is CCOc1ccc(-c2cncc(C(=O)N/N=C/c3cc(OC)c[nH]c3=O)n2)cn1. The number of carbonyl (C=O) groups is 1. The van der Waals surface area contributed by atoms with E-state index in [9.17, 15) is 9.59 Å². The van der Waals surface area contributed by atoms with E-state index >= 15 is 0 Å². The minimum absolute atomic E-state index is 0.0630. The van der Waals surface area contributed by atoms with Gasteiger partial charge in [-0.3, -0.25) is 14.6 Å². The van der Waals surface area contributed by atoms with E-state index in [1.807, 2.05) is 6.92 Å². The molecule has 0 spiro atoms. The molecule has 148 valence electrons. The third kappa shape index (κ3) is 5.01. The monoisotopic (exact) mass is 394 g/mol. The number of H-pyrrole nitrogens is 1. The van der Waals surface area contributed by atoms with Crippen LogP contribution < -0.4 is 20.5 Å². The predicted molar refractivity (Wildman–Crippen MR) is 105 cm³/mol. The van der Waals surface area contributed by atoms with Crippen molar-refractivity contribution in [1.29, 1.82) is 0 Å². The Balaban J connectivity index is 1.72. The van der Waals surface area contributed by atoms with Gasteiger partial charge in [0.05, 0.1) is 43.6 Å². The standard InChI is InChI=1S/C19H18N6O4/c1-3-29-17-5-4-12(7-21-17)15-10-20-11-16(24-15)19(27)25-23-8-13-6-14(28-2)9-22-18(13)26/h4-11H,3H2,1-2H3,(H,22,26)(H,25,27)/b23-8+. The average Bonchev–Trinajstić information content (AvgIpc) is 2.76.